The number of likely N-dealkylation sites (tertiary alicyclic amines) is 1. The van der Waals surface area contributed by atoms with Gasteiger partial charge in [-0.2, -0.15) is 0 Å². The van der Waals surface area contributed by atoms with Crippen LogP contribution < -0.4 is 16.0 Å². The van der Waals surface area contributed by atoms with E-state index in [0.29, 0.717) is 38.6 Å². The normalized spacial score (nSPS) is 14.2. The number of carbonyl (C=O) groups is 2. The number of nitrogens with zero attached hydrogens (tertiary/aromatic N) is 2. The number of amides is 2. The second-order valence-electron chi connectivity index (χ2n) is 8.02. The zero-order valence-corrected chi connectivity index (χ0v) is 20.6. The molecule has 1 aromatic carbocycles. The second kappa shape index (κ2) is 12.6. The highest BCUT2D eigenvalue weighted by Crippen LogP contribution is 2.14. The van der Waals surface area contributed by atoms with Crippen LogP contribution in [0.3, 0.4) is 0 Å². The summed E-state index contributed by atoms with van der Waals surface area (Å²) in [6, 6.07) is 8.23. The molecule has 0 unspecified atom stereocenters. The van der Waals surface area contributed by atoms with Crippen molar-refractivity contribution in [3.8, 4) is 0 Å². The third-order valence-electron chi connectivity index (χ3n) is 4.34. The molecule has 0 aliphatic carbocycles. The highest BCUT2D eigenvalue weighted by atomic mass is 127. The van der Waals surface area contributed by atoms with Gasteiger partial charge in [-0.1, -0.05) is 24.3 Å². The van der Waals surface area contributed by atoms with Crippen LogP contribution >= 0.6 is 24.0 Å². The minimum Gasteiger partial charge on any atom is -0.444 e. The Labute approximate surface area is 196 Å². The van der Waals surface area contributed by atoms with Gasteiger partial charge in [-0.05, 0) is 38.3 Å². The number of hydrogen-bond donors (Lipinski definition) is 3. The number of guanidine groups is 1. The number of benzene rings is 1. The maximum atomic E-state index is 11.7. The van der Waals surface area contributed by atoms with E-state index in [4.69, 9.17) is 4.74 Å². The van der Waals surface area contributed by atoms with Crippen molar-refractivity contribution in [1.29, 1.82) is 0 Å². The predicted molar refractivity (Wildman–Crippen MR) is 129 cm³/mol. The molecule has 0 aromatic heterocycles. The first kappa shape index (κ1) is 26.0. The summed E-state index contributed by atoms with van der Waals surface area (Å²) < 4.78 is 5.19. The van der Waals surface area contributed by atoms with Gasteiger partial charge in [0.2, 0.25) is 5.91 Å². The molecule has 0 bridgehead atoms. The summed E-state index contributed by atoms with van der Waals surface area (Å²) in [5.41, 5.74) is 1.75. The van der Waals surface area contributed by atoms with Crippen molar-refractivity contribution in [2.75, 3.05) is 26.7 Å². The lowest BCUT2D eigenvalue weighted by molar-refractivity contribution is -0.128. The molecule has 0 atom stereocenters. The third kappa shape index (κ3) is 9.64. The molecule has 1 aliphatic rings. The van der Waals surface area contributed by atoms with Crippen LogP contribution in [0.1, 0.15) is 44.7 Å². The molecular weight excluding hydrogens is 497 g/mol. The standard InChI is InChI=1S/C21H33N5O3.HI/c1-21(2,3)29-20(28)24-12-11-23-19(22-4)25-14-16-7-9-17(10-8-16)15-26-13-5-6-18(26)27;/h7-10H,5-6,11-15H2,1-4H3,(H,24,28)(H2,22,23,25);1H. The SMILES string of the molecule is CN=C(NCCNC(=O)OC(C)(C)C)NCc1ccc(CN2CCCC2=O)cc1.I. The van der Waals surface area contributed by atoms with Gasteiger partial charge in [-0.25, -0.2) is 4.79 Å². The van der Waals surface area contributed by atoms with E-state index < -0.39 is 11.7 Å². The van der Waals surface area contributed by atoms with Crippen LogP contribution in [0.4, 0.5) is 4.79 Å². The van der Waals surface area contributed by atoms with Gasteiger partial charge in [-0.15, -0.1) is 24.0 Å². The zero-order valence-electron chi connectivity index (χ0n) is 18.3. The summed E-state index contributed by atoms with van der Waals surface area (Å²) in [6.45, 7) is 8.61. The monoisotopic (exact) mass is 531 g/mol. The average Bonchev–Trinajstić information content (AvgIpc) is 3.05. The largest absolute Gasteiger partial charge is 0.444 e. The summed E-state index contributed by atoms with van der Waals surface area (Å²) in [7, 11) is 1.70. The minimum absolute atomic E-state index is 0. The Morgan fingerprint density at radius 2 is 1.73 bits per heavy atom. The first-order valence-electron chi connectivity index (χ1n) is 10.0. The van der Waals surface area contributed by atoms with E-state index in [1.807, 2.05) is 25.7 Å². The van der Waals surface area contributed by atoms with Crippen molar-refractivity contribution in [2.24, 2.45) is 4.99 Å². The third-order valence-corrected chi connectivity index (χ3v) is 4.34. The summed E-state index contributed by atoms with van der Waals surface area (Å²) in [6.07, 6.45) is 1.19. The van der Waals surface area contributed by atoms with Crippen molar-refractivity contribution in [2.45, 2.75) is 52.3 Å². The van der Waals surface area contributed by atoms with Crippen LogP contribution in [-0.4, -0.2) is 55.1 Å². The number of rotatable bonds is 7. The van der Waals surface area contributed by atoms with Crippen molar-refractivity contribution < 1.29 is 14.3 Å². The van der Waals surface area contributed by atoms with Gasteiger partial charge in [0.1, 0.15) is 5.60 Å². The van der Waals surface area contributed by atoms with Crippen LogP contribution in [0.25, 0.3) is 0 Å². The van der Waals surface area contributed by atoms with Gasteiger partial charge in [0.25, 0.3) is 0 Å². The summed E-state index contributed by atoms with van der Waals surface area (Å²) in [4.78, 5) is 29.4. The van der Waals surface area contributed by atoms with Gasteiger partial charge in [0, 0.05) is 46.2 Å². The van der Waals surface area contributed by atoms with E-state index in [1.165, 1.54) is 0 Å². The Hall–Kier alpha value is -2.04. The van der Waals surface area contributed by atoms with Gasteiger partial charge in [0.05, 0.1) is 0 Å². The first-order chi connectivity index (χ1) is 13.8. The van der Waals surface area contributed by atoms with Crippen LogP contribution in [0, 0.1) is 0 Å². The number of hydrogen-bond acceptors (Lipinski definition) is 4. The molecule has 0 spiro atoms. The number of alkyl carbamates (subject to hydrolysis) is 1. The summed E-state index contributed by atoms with van der Waals surface area (Å²) in [5, 5.41) is 9.09. The van der Waals surface area contributed by atoms with E-state index >= 15 is 0 Å². The number of carbonyl (C=O) groups excluding carboxylic acids is 2. The molecule has 1 aromatic rings. The summed E-state index contributed by atoms with van der Waals surface area (Å²) in [5.74, 6) is 0.898. The maximum Gasteiger partial charge on any atom is 0.407 e. The van der Waals surface area contributed by atoms with E-state index in [9.17, 15) is 9.59 Å². The van der Waals surface area contributed by atoms with Crippen LogP contribution in [0.2, 0.25) is 0 Å². The predicted octanol–water partition coefficient (Wildman–Crippen LogP) is 2.62. The minimum atomic E-state index is -0.505. The van der Waals surface area contributed by atoms with E-state index in [1.54, 1.807) is 7.05 Å². The zero-order chi connectivity index (χ0) is 21.3. The molecule has 9 heteroatoms. The lowest BCUT2D eigenvalue weighted by Crippen LogP contribution is -2.42. The fourth-order valence-corrected chi connectivity index (χ4v) is 2.92. The Balaban J connectivity index is 0.00000450. The Morgan fingerprint density at radius 3 is 2.30 bits per heavy atom. The molecule has 0 radical (unpaired) electrons. The van der Waals surface area contributed by atoms with Crippen molar-refractivity contribution in [3.63, 3.8) is 0 Å². The average molecular weight is 531 g/mol. The number of ether oxygens (including phenoxy) is 1. The number of aliphatic imine (C=N–C) groups is 1. The molecule has 8 nitrogen and oxygen atoms in total. The summed E-state index contributed by atoms with van der Waals surface area (Å²) >= 11 is 0. The Kier molecular flexibility index (Phi) is 10.9. The molecule has 1 fully saturated rings. The van der Waals surface area contributed by atoms with Gasteiger partial charge in [-0.3, -0.25) is 9.79 Å². The fraction of sp³-hybridized carbons (Fsp3) is 0.571. The lowest BCUT2D eigenvalue weighted by atomic mass is 10.1. The molecule has 1 aliphatic heterocycles. The molecule has 2 amide bonds. The Bertz CT molecular complexity index is 716. The molecule has 0 saturated carbocycles. The molecule has 168 valence electrons. The van der Waals surface area contributed by atoms with E-state index in [2.05, 4.69) is 45.2 Å². The number of nitrogens with one attached hydrogen (secondary N) is 3. The van der Waals surface area contributed by atoms with Gasteiger partial charge < -0.3 is 25.6 Å². The smallest absolute Gasteiger partial charge is 0.407 e. The highest BCUT2D eigenvalue weighted by Gasteiger charge is 2.19. The van der Waals surface area contributed by atoms with E-state index in [0.717, 1.165) is 24.1 Å². The van der Waals surface area contributed by atoms with Gasteiger partial charge in [0.15, 0.2) is 5.96 Å². The maximum absolute atomic E-state index is 11.7. The van der Waals surface area contributed by atoms with Crippen molar-refractivity contribution in [3.05, 3.63) is 35.4 Å². The van der Waals surface area contributed by atoms with Crippen LogP contribution in [-0.2, 0) is 22.6 Å². The molecule has 3 N–H and O–H groups in total. The molecular formula is C21H34IN5O3. The fourth-order valence-electron chi connectivity index (χ4n) is 2.92. The molecule has 1 saturated heterocycles. The number of halogens is 1. The van der Waals surface area contributed by atoms with Crippen LogP contribution in [0.5, 0.6) is 0 Å². The van der Waals surface area contributed by atoms with E-state index in [-0.39, 0.29) is 29.9 Å². The molecule has 30 heavy (non-hydrogen) atoms. The Morgan fingerprint density at radius 1 is 1.10 bits per heavy atom. The topological polar surface area (TPSA) is 95.1 Å². The highest BCUT2D eigenvalue weighted by molar-refractivity contribution is 14.0. The first-order valence-corrected chi connectivity index (χ1v) is 10.0. The van der Waals surface area contributed by atoms with Crippen LogP contribution in [0.15, 0.2) is 29.3 Å². The lowest BCUT2D eigenvalue weighted by Gasteiger charge is -2.20. The second-order valence-corrected chi connectivity index (χ2v) is 8.02. The van der Waals surface area contributed by atoms with Crippen molar-refractivity contribution >= 4 is 41.9 Å². The molecule has 2 rings (SSSR count). The molecule has 1 heterocycles. The quantitative estimate of drug-likeness (QED) is 0.218. The van der Waals surface area contributed by atoms with Gasteiger partial charge >= 0.3 is 6.09 Å². The van der Waals surface area contributed by atoms with Crippen molar-refractivity contribution in [1.82, 2.24) is 20.9 Å².